The Labute approximate surface area is 513 Å². The molecule has 82 heavy (non-hydrogen) atoms. The summed E-state index contributed by atoms with van der Waals surface area (Å²) in [5, 5.41) is 23.3. The standard InChI is InChI=1S/C76H147NO5/c1-3-5-7-9-11-13-15-17-44-48-52-56-60-64-68-74(79)73(72-78)77-75(80)69-65-61-57-53-49-45-42-40-38-36-34-32-30-28-26-24-22-20-19-21-23-25-27-29-31-33-35-37-39-41-43-47-51-55-59-63-67-71-82-76(81)70-66-62-58-54-50-46-18-16-14-12-10-8-6-4-2/h19,21,25,27,73-74,78-79H,3-18,20,22-24,26,28-72H2,1-2H3,(H,77,80)/b21-19-,27-25-. The number of carbonyl (C=O) groups excluding carboxylic acids is 2. The summed E-state index contributed by atoms with van der Waals surface area (Å²) in [5.41, 5.74) is 0. The number of nitrogens with one attached hydrogen (secondary N) is 1. The van der Waals surface area contributed by atoms with Crippen molar-refractivity contribution in [3.8, 4) is 0 Å². The molecule has 0 saturated carbocycles. The van der Waals surface area contributed by atoms with Crippen LogP contribution in [0.1, 0.15) is 425 Å². The molecule has 0 fully saturated rings. The summed E-state index contributed by atoms with van der Waals surface area (Å²) < 4.78 is 5.50. The lowest BCUT2D eigenvalue weighted by molar-refractivity contribution is -0.143. The van der Waals surface area contributed by atoms with Crippen LogP contribution in [0.4, 0.5) is 0 Å². The lowest BCUT2D eigenvalue weighted by Gasteiger charge is -2.22. The molecule has 2 unspecified atom stereocenters. The van der Waals surface area contributed by atoms with Crippen LogP contribution in [0, 0.1) is 0 Å². The summed E-state index contributed by atoms with van der Waals surface area (Å²) >= 11 is 0. The zero-order valence-corrected chi connectivity index (χ0v) is 55.8. The van der Waals surface area contributed by atoms with E-state index in [4.69, 9.17) is 4.74 Å². The third-order valence-electron chi connectivity index (χ3n) is 17.8. The van der Waals surface area contributed by atoms with Crippen LogP contribution in [0.3, 0.4) is 0 Å². The molecule has 0 heterocycles. The van der Waals surface area contributed by atoms with Crippen LogP contribution in [0.25, 0.3) is 0 Å². The van der Waals surface area contributed by atoms with E-state index < -0.39 is 12.1 Å². The van der Waals surface area contributed by atoms with Crippen molar-refractivity contribution in [3.63, 3.8) is 0 Å². The van der Waals surface area contributed by atoms with Gasteiger partial charge in [0.15, 0.2) is 0 Å². The van der Waals surface area contributed by atoms with Gasteiger partial charge in [-0.3, -0.25) is 9.59 Å². The Bertz CT molecular complexity index is 1280. The number of rotatable bonds is 71. The lowest BCUT2D eigenvalue weighted by Crippen LogP contribution is -2.45. The van der Waals surface area contributed by atoms with Gasteiger partial charge in [-0.05, 0) is 57.8 Å². The van der Waals surface area contributed by atoms with E-state index in [1.165, 1.54) is 347 Å². The number of esters is 1. The number of unbranched alkanes of at least 4 members (excludes halogenated alkanes) is 56. The Balaban J connectivity index is 3.34. The molecule has 0 aromatic rings. The van der Waals surface area contributed by atoms with Crippen LogP contribution in [0.5, 0.6) is 0 Å². The zero-order chi connectivity index (χ0) is 59.2. The first kappa shape index (κ1) is 80.3. The van der Waals surface area contributed by atoms with Crippen molar-refractivity contribution in [3.05, 3.63) is 24.3 Å². The summed E-state index contributed by atoms with van der Waals surface area (Å²) in [6.07, 6.45) is 91.2. The maximum atomic E-state index is 12.5. The topological polar surface area (TPSA) is 95.9 Å². The Morgan fingerprint density at radius 2 is 0.610 bits per heavy atom. The van der Waals surface area contributed by atoms with E-state index in [0.717, 1.165) is 44.9 Å². The second-order valence-electron chi connectivity index (χ2n) is 26.0. The van der Waals surface area contributed by atoms with Gasteiger partial charge in [-0.25, -0.2) is 0 Å². The average molecular weight is 1160 g/mol. The average Bonchev–Trinajstić information content (AvgIpc) is 3.48. The van der Waals surface area contributed by atoms with Gasteiger partial charge in [0.2, 0.25) is 5.91 Å². The number of hydrogen-bond acceptors (Lipinski definition) is 5. The Morgan fingerprint density at radius 3 is 0.927 bits per heavy atom. The van der Waals surface area contributed by atoms with Crippen molar-refractivity contribution >= 4 is 11.9 Å². The molecule has 0 rings (SSSR count). The van der Waals surface area contributed by atoms with Gasteiger partial charge in [0.25, 0.3) is 0 Å². The SMILES string of the molecule is CCCCCCCCCCCCCCCCC(=O)OCCCCCCCCCCCCCCC/C=C\C/C=C\CCCCCCCCCCCCCCCCCCCC(=O)NC(CO)C(O)CCCCCCCCCCCCCCCC. The van der Waals surface area contributed by atoms with Gasteiger partial charge in [-0.15, -0.1) is 0 Å². The molecule has 0 aromatic carbocycles. The first-order valence-electron chi connectivity index (χ1n) is 37.6. The minimum atomic E-state index is -0.661. The number of allylic oxidation sites excluding steroid dienone is 4. The maximum absolute atomic E-state index is 12.5. The van der Waals surface area contributed by atoms with Gasteiger partial charge < -0.3 is 20.3 Å². The second-order valence-corrected chi connectivity index (χ2v) is 26.0. The molecule has 6 heteroatoms. The molecule has 0 saturated heterocycles. The summed E-state index contributed by atoms with van der Waals surface area (Å²) in [5.74, 6) is -0.00763. The third-order valence-corrected chi connectivity index (χ3v) is 17.8. The van der Waals surface area contributed by atoms with E-state index in [2.05, 4.69) is 43.5 Å². The molecule has 2 atom stereocenters. The minimum absolute atomic E-state index is 0.0218. The van der Waals surface area contributed by atoms with Gasteiger partial charge in [0.1, 0.15) is 0 Å². The molecule has 486 valence electrons. The predicted octanol–water partition coefficient (Wildman–Crippen LogP) is 24.5. The quantitative estimate of drug-likeness (QED) is 0.0320. The van der Waals surface area contributed by atoms with Crippen molar-refractivity contribution in [2.45, 2.75) is 437 Å². The van der Waals surface area contributed by atoms with Crippen LogP contribution in [0.2, 0.25) is 0 Å². The van der Waals surface area contributed by atoms with Crippen molar-refractivity contribution in [2.75, 3.05) is 13.2 Å². The molecular weight excluding hydrogens is 1010 g/mol. The van der Waals surface area contributed by atoms with Crippen LogP contribution < -0.4 is 5.32 Å². The Hall–Kier alpha value is -1.66. The first-order chi connectivity index (χ1) is 40.5. The van der Waals surface area contributed by atoms with Gasteiger partial charge in [-0.1, -0.05) is 378 Å². The number of carbonyl (C=O) groups is 2. The zero-order valence-electron chi connectivity index (χ0n) is 55.8. The molecular formula is C76H147NO5. The van der Waals surface area contributed by atoms with Crippen molar-refractivity contribution < 1.29 is 24.5 Å². The number of aliphatic hydroxyl groups excluding tert-OH is 2. The fourth-order valence-corrected chi connectivity index (χ4v) is 12.0. The number of aliphatic hydroxyl groups is 2. The monoisotopic (exact) mass is 1150 g/mol. The normalized spacial score (nSPS) is 12.6. The smallest absolute Gasteiger partial charge is 0.305 e. The molecule has 0 bridgehead atoms. The van der Waals surface area contributed by atoms with E-state index in [1.807, 2.05) is 0 Å². The van der Waals surface area contributed by atoms with Gasteiger partial charge >= 0.3 is 5.97 Å². The summed E-state index contributed by atoms with van der Waals surface area (Å²) in [4.78, 5) is 24.6. The number of amides is 1. The molecule has 0 aliphatic heterocycles. The number of hydrogen-bond donors (Lipinski definition) is 3. The van der Waals surface area contributed by atoms with Crippen molar-refractivity contribution in [1.82, 2.24) is 5.32 Å². The van der Waals surface area contributed by atoms with Crippen LogP contribution >= 0.6 is 0 Å². The predicted molar refractivity (Wildman–Crippen MR) is 361 cm³/mol. The van der Waals surface area contributed by atoms with Crippen molar-refractivity contribution in [2.24, 2.45) is 0 Å². The lowest BCUT2D eigenvalue weighted by atomic mass is 10.0. The van der Waals surface area contributed by atoms with Gasteiger partial charge in [0, 0.05) is 12.8 Å². The molecule has 6 nitrogen and oxygen atoms in total. The molecule has 0 aliphatic rings. The number of ether oxygens (including phenoxy) is 1. The molecule has 0 aromatic heterocycles. The summed E-state index contributed by atoms with van der Waals surface area (Å²) in [7, 11) is 0. The fraction of sp³-hybridized carbons (Fsp3) is 0.921. The Kier molecular flexibility index (Phi) is 70.4. The van der Waals surface area contributed by atoms with E-state index in [9.17, 15) is 19.8 Å². The molecule has 0 spiro atoms. The summed E-state index contributed by atoms with van der Waals surface area (Å²) in [6.45, 7) is 4.99. The van der Waals surface area contributed by atoms with Gasteiger partial charge in [0.05, 0.1) is 25.4 Å². The van der Waals surface area contributed by atoms with Crippen LogP contribution in [0.15, 0.2) is 24.3 Å². The first-order valence-corrected chi connectivity index (χ1v) is 37.6. The van der Waals surface area contributed by atoms with Gasteiger partial charge in [-0.2, -0.15) is 0 Å². The molecule has 0 radical (unpaired) electrons. The van der Waals surface area contributed by atoms with E-state index >= 15 is 0 Å². The minimum Gasteiger partial charge on any atom is -0.466 e. The van der Waals surface area contributed by atoms with E-state index in [0.29, 0.717) is 25.9 Å². The third kappa shape index (κ3) is 67.5. The molecule has 1 amide bonds. The Morgan fingerprint density at radius 1 is 0.341 bits per heavy atom. The highest BCUT2D eigenvalue weighted by molar-refractivity contribution is 5.76. The van der Waals surface area contributed by atoms with Crippen LogP contribution in [-0.4, -0.2) is 47.4 Å². The highest BCUT2D eigenvalue weighted by Gasteiger charge is 2.20. The maximum Gasteiger partial charge on any atom is 0.305 e. The fourth-order valence-electron chi connectivity index (χ4n) is 12.0. The van der Waals surface area contributed by atoms with Crippen LogP contribution in [-0.2, 0) is 14.3 Å². The highest BCUT2D eigenvalue weighted by atomic mass is 16.5. The molecule has 0 aliphatic carbocycles. The largest absolute Gasteiger partial charge is 0.466 e. The van der Waals surface area contributed by atoms with E-state index in [1.54, 1.807) is 0 Å². The summed E-state index contributed by atoms with van der Waals surface area (Å²) in [6, 6.07) is -0.538. The van der Waals surface area contributed by atoms with E-state index in [-0.39, 0.29) is 18.5 Å². The highest BCUT2D eigenvalue weighted by Crippen LogP contribution is 2.19. The van der Waals surface area contributed by atoms with Crippen molar-refractivity contribution in [1.29, 1.82) is 0 Å². The molecule has 3 N–H and O–H groups in total. The second kappa shape index (κ2) is 71.8.